The molecule has 0 bridgehead atoms. The van der Waals surface area contributed by atoms with Crippen LogP contribution in [0.4, 0.5) is 14.9 Å². The molecule has 4 nitrogen and oxygen atoms in total. The van der Waals surface area contributed by atoms with Crippen molar-refractivity contribution in [1.82, 2.24) is 9.88 Å². The topological polar surface area (TPSA) is 45.2 Å². The van der Waals surface area contributed by atoms with E-state index in [1.54, 1.807) is 28.4 Å². The summed E-state index contributed by atoms with van der Waals surface area (Å²) in [6.45, 7) is 1.25. The first-order valence-corrected chi connectivity index (χ1v) is 11.7. The van der Waals surface area contributed by atoms with Gasteiger partial charge in [-0.15, -0.1) is 11.3 Å². The van der Waals surface area contributed by atoms with E-state index in [0.29, 0.717) is 23.5 Å². The van der Waals surface area contributed by atoms with Gasteiger partial charge in [-0.2, -0.15) is 0 Å². The summed E-state index contributed by atoms with van der Waals surface area (Å²) in [5, 5.41) is 5.87. The summed E-state index contributed by atoms with van der Waals surface area (Å²) in [4.78, 5) is 19.1. The number of nitrogens with zero attached hydrogens (tertiary/aromatic N) is 2. The third kappa shape index (κ3) is 4.87. The molecule has 1 aliphatic rings. The molecule has 0 saturated carbocycles. The van der Waals surface area contributed by atoms with Gasteiger partial charge >= 0.3 is 6.03 Å². The standard InChI is InChI=1S/C21H18Br2FN3OS/c22-15-3-1-2-14(10-15)19-12-29-20(25-19)13-6-8-27(9-7-13)21(28)26-18-5-4-16(23)11-17(18)24/h1-5,10-13H,6-9H2,(H,26,28). The van der Waals surface area contributed by atoms with E-state index < -0.39 is 5.82 Å². The predicted octanol–water partition coefficient (Wildman–Crippen LogP) is 6.89. The molecular formula is C21H18Br2FN3OS. The van der Waals surface area contributed by atoms with E-state index in [0.717, 1.165) is 33.6 Å². The highest BCUT2D eigenvalue weighted by atomic mass is 79.9. The van der Waals surface area contributed by atoms with Crippen molar-refractivity contribution in [1.29, 1.82) is 0 Å². The number of carbonyl (C=O) groups excluding carboxylic acids is 1. The molecule has 0 atom stereocenters. The zero-order valence-corrected chi connectivity index (χ0v) is 19.4. The maximum atomic E-state index is 14.0. The van der Waals surface area contributed by atoms with Crippen LogP contribution in [0.3, 0.4) is 0 Å². The Morgan fingerprint density at radius 2 is 1.90 bits per heavy atom. The normalized spacial score (nSPS) is 14.8. The molecule has 1 fully saturated rings. The van der Waals surface area contributed by atoms with Gasteiger partial charge in [0.2, 0.25) is 0 Å². The van der Waals surface area contributed by atoms with Gasteiger partial charge in [0.1, 0.15) is 5.82 Å². The molecule has 1 N–H and O–H groups in total. The second-order valence-corrected chi connectivity index (χ2v) is 9.62. The number of piperidine rings is 1. The van der Waals surface area contributed by atoms with Crippen LogP contribution in [-0.4, -0.2) is 29.0 Å². The molecule has 3 aromatic rings. The molecule has 2 amide bonds. The fourth-order valence-corrected chi connectivity index (χ4v) is 5.10. The Morgan fingerprint density at radius 1 is 1.14 bits per heavy atom. The fraction of sp³-hybridized carbons (Fsp3) is 0.238. The molecule has 4 rings (SSSR count). The summed E-state index contributed by atoms with van der Waals surface area (Å²) < 4.78 is 15.6. The Morgan fingerprint density at radius 3 is 2.62 bits per heavy atom. The minimum Gasteiger partial charge on any atom is -0.324 e. The number of urea groups is 1. The first kappa shape index (κ1) is 20.5. The number of aromatic nitrogens is 1. The molecule has 2 aromatic carbocycles. The van der Waals surface area contributed by atoms with Crippen LogP contribution in [0.5, 0.6) is 0 Å². The number of hydrogen-bond donors (Lipinski definition) is 1. The molecule has 29 heavy (non-hydrogen) atoms. The van der Waals surface area contributed by atoms with Gasteiger partial charge in [-0.3, -0.25) is 0 Å². The molecule has 1 saturated heterocycles. The summed E-state index contributed by atoms with van der Waals surface area (Å²) in [5.74, 6) is -0.111. The number of nitrogens with one attached hydrogen (secondary N) is 1. The van der Waals surface area contributed by atoms with E-state index in [1.807, 2.05) is 12.1 Å². The number of amides is 2. The number of benzene rings is 2. The summed E-state index contributed by atoms with van der Waals surface area (Å²) in [7, 11) is 0. The minimum atomic E-state index is -0.453. The lowest BCUT2D eigenvalue weighted by Gasteiger charge is -2.31. The van der Waals surface area contributed by atoms with Crippen LogP contribution < -0.4 is 5.32 Å². The van der Waals surface area contributed by atoms with Crippen molar-refractivity contribution in [3.63, 3.8) is 0 Å². The van der Waals surface area contributed by atoms with E-state index in [9.17, 15) is 9.18 Å². The number of anilines is 1. The Hall–Kier alpha value is -1.77. The first-order chi connectivity index (χ1) is 14.0. The summed E-state index contributed by atoms with van der Waals surface area (Å²) >= 11 is 8.39. The Balaban J connectivity index is 1.36. The monoisotopic (exact) mass is 537 g/mol. The fourth-order valence-electron chi connectivity index (χ4n) is 3.37. The third-order valence-electron chi connectivity index (χ3n) is 4.95. The van der Waals surface area contributed by atoms with Crippen LogP contribution >= 0.6 is 43.2 Å². The number of likely N-dealkylation sites (tertiary alicyclic amines) is 1. The lowest BCUT2D eigenvalue weighted by Crippen LogP contribution is -2.40. The Bertz CT molecular complexity index is 1030. The maximum absolute atomic E-state index is 14.0. The van der Waals surface area contributed by atoms with Gasteiger partial charge < -0.3 is 10.2 Å². The molecule has 0 unspecified atom stereocenters. The number of halogens is 3. The van der Waals surface area contributed by atoms with E-state index in [2.05, 4.69) is 54.7 Å². The number of thiazole rings is 1. The highest BCUT2D eigenvalue weighted by Crippen LogP contribution is 2.33. The van der Waals surface area contributed by atoms with Gasteiger partial charge in [-0.1, -0.05) is 44.0 Å². The van der Waals surface area contributed by atoms with Crippen molar-refractivity contribution in [2.24, 2.45) is 0 Å². The van der Waals surface area contributed by atoms with Crippen LogP contribution in [-0.2, 0) is 0 Å². The number of rotatable bonds is 3. The first-order valence-electron chi connectivity index (χ1n) is 9.22. The van der Waals surface area contributed by atoms with Gasteiger partial charge in [-0.25, -0.2) is 14.2 Å². The highest BCUT2D eigenvalue weighted by molar-refractivity contribution is 9.10. The number of carbonyl (C=O) groups is 1. The number of hydrogen-bond acceptors (Lipinski definition) is 3. The molecule has 1 aliphatic heterocycles. The largest absolute Gasteiger partial charge is 0.324 e. The van der Waals surface area contributed by atoms with Gasteiger partial charge in [0.15, 0.2) is 0 Å². The van der Waals surface area contributed by atoms with Crippen molar-refractivity contribution in [2.75, 3.05) is 18.4 Å². The van der Waals surface area contributed by atoms with Gasteiger partial charge in [-0.05, 0) is 43.2 Å². The lowest BCUT2D eigenvalue weighted by molar-refractivity contribution is 0.194. The van der Waals surface area contributed by atoms with E-state index in [-0.39, 0.29) is 11.7 Å². The second-order valence-electron chi connectivity index (χ2n) is 6.90. The quantitative estimate of drug-likeness (QED) is 0.394. The predicted molar refractivity (Wildman–Crippen MR) is 122 cm³/mol. The molecule has 1 aromatic heterocycles. The van der Waals surface area contributed by atoms with Gasteiger partial charge in [0.05, 0.1) is 16.4 Å². The zero-order valence-electron chi connectivity index (χ0n) is 15.4. The molecule has 8 heteroatoms. The Labute approximate surface area is 189 Å². The van der Waals surface area contributed by atoms with Crippen LogP contribution in [0.2, 0.25) is 0 Å². The SMILES string of the molecule is O=C(Nc1ccc(Br)cc1F)N1CCC(c2nc(-c3cccc(Br)c3)cs2)CC1. The van der Waals surface area contributed by atoms with Crippen molar-refractivity contribution in [3.8, 4) is 11.3 Å². The smallest absolute Gasteiger partial charge is 0.321 e. The van der Waals surface area contributed by atoms with Crippen molar-refractivity contribution in [3.05, 3.63) is 67.6 Å². The molecular weight excluding hydrogens is 521 g/mol. The summed E-state index contributed by atoms with van der Waals surface area (Å²) in [6, 6.07) is 12.5. The van der Waals surface area contributed by atoms with E-state index in [1.165, 1.54) is 6.07 Å². The third-order valence-corrected chi connectivity index (χ3v) is 6.94. The van der Waals surface area contributed by atoms with Gasteiger partial charge in [0, 0.05) is 38.9 Å². The minimum absolute atomic E-state index is 0.193. The molecule has 2 heterocycles. The Kier molecular flexibility index (Phi) is 6.32. The van der Waals surface area contributed by atoms with Crippen LogP contribution in [0, 0.1) is 5.82 Å². The highest BCUT2D eigenvalue weighted by Gasteiger charge is 2.26. The molecule has 150 valence electrons. The van der Waals surface area contributed by atoms with Crippen LogP contribution in [0.15, 0.2) is 56.8 Å². The average Bonchev–Trinajstić information content (AvgIpc) is 3.20. The van der Waals surface area contributed by atoms with Gasteiger partial charge in [0.25, 0.3) is 0 Å². The van der Waals surface area contributed by atoms with E-state index >= 15 is 0 Å². The van der Waals surface area contributed by atoms with Crippen molar-refractivity contribution < 1.29 is 9.18 Å². The molecule has 0 spiro atoms. The molecule has 0 radical (unpaired) electrons. The average molecular weight is 539 g/mol. The van der Waals surface area contributed by atoms with Crippen LogP contribution in [0.25, 0.3) is 11.3 Å². The van der Waals surface area contributed by atoms with Crippen molar-refractivity contribution in [2.45, 2.75) is 18.8 Å². The van der Waals surface area contributed by atoms with E-state index in [4.69, 9.17) is 4.98 Å². The summed E-state index contributed by atoms with van der Waals surface area (Å²) in [6.07, 6.45) is 1.70. The maximum Gasteiger partial charge on any atom is 0.321 e. The second kappa shape index (κ2) is 8.93. The zero-order chi connectivity index (χ0) is 20.4. The lowest BCUT2D eigenvalue weighted by atomic mass is 9.98. The van der Waals surface area contributed by atoms with Crippen LogP contribution in [0.1, 0.15) is 23.8 Å². The summed E-state index contributed by atoms with van der Waals surface area (Å²) in [5.41, 5.74) is 2.27. The van der Waals surface area contributed by atoms with Crippen molar-refractivity contribution >= 4 is 54.9 Å². The molecule has 0 aliphatic carbocycles.